The lowest BCUT2D eigenvalue weighted by molar-refractivity contribution is -0.147. The fraction of sp³-hybridized carbons (Fsp3) is 0.884. The van der Waals surface area contributed by atoms with Gasteiger partial charge < -0.3 is 15.2 Å². The van der Waals surface area contributed by atoms with Gasteiger partial charge in [0.05, 0.1) is 0 Å². The Morgan fingerprint density at radius 3 is 1.37 bits per heavy atom. The molecule has 0 saturated heterocycles. The summed E-state index contributed by atoms with van der Waals surface area (Å²) in [5.74, 6) is -1.31. The molecule has 0 spiro atoms. The molecule has 0 saturated carbocycles. The Morgan fingerprint density at radius 1 is 0.531 bits per heavy atom. The van der Waals surface area contributed by atoms with Crippen molar-refractivity contribution in [1.29, 1.82) is 0 Å². The molecule has 0 rings (SSSR count). The third kappa shape index (κ3) is 38.8. The van der Waals surface area contributed by atoms with Crippen molar-refractivity contribution in [3.8, 4) is 0 Å². The van der Waals surface area contributed by atoms with Crippen LogP contribution < -0.4 is 5.32 Å². The highest BCUT2D eigenvalue weighted by Crippen LogP contribution is 2.17. The molecule has 1 atom stereocenters. The summed E-state index contributed by atoms with van der Waals surface area (Å²) in [5, 5.41) is 11.1. The maximum absolute atomic E-state index is 12.7. The molecule has 0 heterocycles. The molecular weight excluding hydrogens is 610 g/mol. The number of hydrogen-bond donors (Lipinski definition) is 2. The lowest BCUT2D eigenvalue weighted by atomic mass is 10.0. The molecule has 0 aliphatic rings. The Kier molecular flexibility index (Phi) is 37.5. The van der Waals surface area contributed by atoms with E-state index >= 15 is 0 Å². The molecule has 1 unspecified atom stereocenters. The van der Waals surface area contributed by atoms with Crippen molar-refractivity contribution >= 4 is 17.8 Å². The van der Waals surface area contributed by atoms with Gasteiger partial charge >= 0.3 is 11.9 Å². The number of aliphatic carboxylic acids is 1. The van der Waals surface area contributed by atoms with Crippen LogP contribution in [-0.2, 0) is 19.1 Å². The van der Waals surface area contributed by atoms with Gasteiger partial charge in [-0.15, -0.1) is 0 Å². The minimum absolute atomic E-state index is 0.0771. The summed E-state index contributed by atoms with van der Waals surface area (Å²) in [6.45, 7) is 4.21. The molecule has 2 N–H and O–H groups in total. The number of nitrogens with one attached hydrogen (secondary N) is 1. The van der Waals surface area contributed by atoms with E-state index in [0.29, 0.717) is 12.8 Å². The predicted molar refractivity (Wildman–Crippen MR) is 208 cm³/mol. The summed E-state index contributed by atoms with van der Waals surface area (Å²) in [4.78, 5) is 34.9. The standard InChI is InChI=1S/C43H81NO5/c1-3-5-7-9-11-13-14-15-16-17-18-19-20-21-22-23-24-26-28-34-38-43(48)49-40(35-31-27-25-12-10-8-6-4-2)36-32-29-30-33-37-41(45)44-39-42(46)47/h31,35,40H,3-30,32-34,36-39H2,1-2H3,(H,44,45)(H,46,47)/b35-31-. The van der Waals surface area contributed by atoms with Gasteiger partial charge in [0.2, 0.25) is 5.91 Å². The molecule has 0 aliphatic heterocycles. The third-order valence-electron chi connectivity index (χ3n) is 9.67. The van der Waals surface area contributed by atoms with E-state index in [2.05, 4.69) is 31.3 Å². The van der Waals surface area contributed by atoms with E-state index in [0.717, 1.165) is 51.4 Å². The zero-order chi connectivity index (χ0) is 35.9. The quantitative estimate of drug-likeness (QED) is 0.0380. The van der Waals surface area contributed by atoms with Gasteiger partial charge in [0.15, 0.2) is 0 Å². The summed E-state index contributed by atoms with van der Waals surface area (Å²) in [6.07, 6.45) is 45.0. The number of carbonyl (C=O) groups is 3. The highest BCUT2D eigenvalue weighted by atomic mass is 16.5. The summed E-state index contributed by atoms with van der Waals surface area (Å²) < 4.78 is 5.90. The maximum atomic E-state index is 12.7. The first-order valence-corrected chi connectivity index (χ1v) is 21.3. The Bertz CT molecular complexity index is 767. The number of carboxylic acids is 1. The highest BCUT2D eigenvalue weighted by molar-refractivity contribution is 5.80. The van der Waals surface area contributed by atoms with Gasteiger partial charge in [0.25, 0.3) is 0 Å². The Balaban J connectivity index is 3.96. The van der Waals surface area contributed by atoms with E-state index in [1.807, 2.05) is 0 Å². The fourth-order valence-corrected chi connectivity index (χ4v) is 6.48. The van der Waals surface area contributed by atoms with Crippen molar-refractivity contribution in [3.63, 3.8) is 0 Å². The highest BCUT2D eigenvalue weighted by Gasteiger charge is 2.12. The van der Waals surface area contributed by atoms with Crippen molar-refractivity contribution in [1.82, 2.24) is 5.32 Å². The molecule has 6 heteroatoms. The van der Waals surface area contributed by atoms with Crippen LogP contribution >= 0.6 is 0 Å². The number of ether oxygens (including phenoxy) is 1. The van der Waals surface area contributed by atoms with Crippen LogP contribution in [0.1, 0.15) is 232 Å². The van der Waals surface area contributed by atoms with Crippen LogP contribution in [0, 0.1) is 0 Å². The second kappa shape index (κ2) is 38.9. The first-order chi connectivity index (χ1) is 24.0. The number of hydrogen-bond acceptors (Lipinski definition) is 4. The fourth-order valence-electron chi connectivity index (χ4n) is 6.48. The monoisotopic (exact) mass is 692 g/mol. The second-order valence-corrected chi connectivity index (χ2v) is 14.6. The van der Waals surface area contributed by atoms with Crippen LogP contribution in [0.25, 0.3) is 0 Å². The van der Waals surface area contributed by atoms with Gasteiger partial charge in [-0.05, 0) is 44.6 Å². The van der Waals surface area contributed by atoms with Gasteiger partial charge in [-0.3, -0.25) is 14.4 Å². The first kappa shape index (κ1) is 47.1. The van der Waals surface area contributed by atoms with Crippen LogP contribution in [0.5, 0.6) is 0 Å². The minimum atomic E-state index is -1.02. The lowest BCUT2D eigenvalue weighted by Crippen LogP contribution is -2.28. The van der Waals surface area contributed by atoms with Crippen LogP contribution in [0.4, 0.5) is 0 Å². The Labute approximate surface area is 303 Å². The summed E-state index contributed by atoms with van der Waals surface area (Å²) in [5.41, 5.74) is 0. The molecular formula is C43H81NO5. The van der Waals surface area contributed by atoms with Gasteiger partial charge in [-0.25, -0.2) is 0 Å². The van der Waals surface area contributed by atoms with Gasteiger partial charge in [-0.2, -0.15) is 0 Å². The summed E-state index contributed by atoms with van der Waals surface area (Å²) in [7, 11) is 0. The van der Waals surface area contributed by atoms with E-state index in [1.165, 1.54) is 154 Å². The number of unbranched alkanes of at least 4 members (excludes halogenated alkanes) is 28. The van der Waals surface area contributed by atoms with Crippen LogP contribution in [-0.4, -0.2) is 35.6 Å². The number of carboxylic acid groups (broad SMARTS) is 1. The van der Waals surface area contributed by atoms with Crippen molar-refractivity contribution in [2.45, 2.75) is 238 Å². The Hall–Kier alpha value is -1.85. The normalized spacial score (nSPS) is 12.0. The lowest BCUT2D eigenvalue weighted by Gasteiger charge is -2.15. The van der Waals surface area contributed by atoms with Crippen LogP contribution in [0.15, 0.2) is 12.2 Å². The van der Waals surface area contributed by atoms with Crippen molar-refractivity contribution in [3.05, 3.63) is 12.2 Å². The molecule has 288 valence electrons. The third-order valence-corrected chi connectivity index (χ3v) is 9.67. The topological polar surface area (TPSA) is 92.7 Å². The molecule has 0 fully saturated rings. The zero-order valence-electron chi connectivity index (χ0n) is 32.6. The Morgan fingerprint density at radius 2 is 0.918 bits per heavy atom. The minimum Gasteiger partial charge on any atom is -0.480 e. The van der Waals surface area contributed by atoms with Crippen molar-refractivity contribution in [2.75, 3.05) is 6.54 Å². The molecule has 0 bridgehead atoms. The SMILES string of the molecule is CCCCCCCC/C=C\C(CCCCCCC(=O)NCC(=O)O)OC(=O)CCCCCCCCCCCCCCCCCCCCCC. The molecule has 0 aromatic rings. The van der Waals surface area contributed by atoms with Gasteiger partial charge in [0.1, 0.15) is 12.6 Å². The smallest absolute Gasteiger partial charge is 0.322 e. The van der Waals surface area contributed by atoms with Crippen molar-refractivity contribution in [2.24, 2.45) is 0 Å². The molecule has 0 aromatic heterocycles. The van der Waals surface area contributed by atoms with Gasteiger partial charge in [0, 0.05) is 12.8 Å². The van der Waals surface area contributed by atoms with E-state index < -0.39 is 5.97 Å². The second-order valence-electron chi connectivity index (χ2n) is 14.6. The van der Waals surface area contributed by atoms with E-state index in [9.17, 15) is 14.4 Å². The molecule has 0 radical (unpaired) electrons. The molecule has 6 nitrogen and oxygen atoms in total. The number of esters is 1. The molecule has 49 heavy (non-hydrogen) atoms. The zero-order valence-corrected chi connectivity index (χ0v) is 32.6. The van der Waals surface area contributed by atoms with E-state index in [4.69, 9.17) is 9.84 Å². The number of amides is 1. The first-order valence-electron chi connectivity index (χ1n) is 21.3. The summed E-state index contributed by atoms with van der Waals surface area (Å²) >= 11 is 0. The summed E-state index contributed by atoms with van der Waals surface area (Å²) in [6, 6.07) is 0. The number of carbonyl (C=O) groups excluding carboxylic acids is 2. The van der Waals surface area contributed by atoms with E-state index in [1.54, 1.807) is 0 Å². The predicted octanol–water partition coefficient (Wildman–Crippen LogP) is 13.0. The molecule has 1 amide bonds. The average Bonchev–Trinajstić information content (AvgIpc) is 3.08. The maximum Gasteiger partial charge on any atom is 0.322 e. The molecule has 0 aromatic carbocycles. The van der Waals surface area contributed by atoms with Crippen LogP contribution in [0.3, 0.4) is 0 Å². The molecule has 0 aliphatic carbocycles. The average molecular weight is 692 g/mol. The number of allylic oxidation sites excluding steroid dienone is 1. The number of rotatable bonds is 39. The van der Waals surface area contributed by atoms with Crippen molar-refractivity contribution < 1.29 is 24.2 Å². The van der Waals surface area contributed by atoms with Gasteiger partial charge in [-0.1, -0.05) is 187 Å². The van der Waals surface area contributed by atoms with E-state index in [-0.39, 0.29) is 24.5 Å². The van der Waals surface area contributed by atoms with Crippen LogP contribution in [0.2, 0.25) is 0 Å². The largest absolute Gasteiger partial charge is 0.480 e.